The Kier molecular flexibility index (Phi) is 4.73. The zero-order valence-corrected chi connectivity index (χ0v) is 16.9. The highest BCUT2D eigenvalue weighted by Crippen LogP contribution is 2.47. The first-order valence-corrected chi connectivity index (χ1v) is 10.7. The van der Waals surface area contributed by atoms with E-state index in [1.54, 1.807) is 29.9 Å². The second-order valence-corrected chi connectivity index (χ2v) is 8.76. The van der Waals surface area contributed by atoms with Gasteiger partial charge in [0.05, 0.1) is 35.5 Å². The number of furan rings is 1. The maximum Gasteiger partial charge on any atom is 0.250 e. The van der Waals surface area contributed by atoms with Gasteiger partial charge in [-0.05, 0) is 55.2 Å². The van der Waals surface area contributed by atoms with E-state index in [9.17, 15) is 4.79 Å². The van der Waals surface area contributed by atoms with Crippen molar-refractivity contribution in [3.8, 4) is 10.6 Å². The van der Waals surface area contributed by atoms with Gasteiger partial charge in [0, 0.05) is 24.2 Å². The van der Waals surface area contributed by atoms with Crippen LogP contribution in [0.1, 0.15) is 39.4 Å². The number of carbonyl (C=O) groups excluding carboxylic acids is 1. The molecule has 29 heavy (non-hydrogen) atoms. The summed E-state index contributed by atoms with van der Waals surface area (Å²) in [7, 11) is 0. The molecule has 0 aromatic carbocycles. The van der Waals surface area contributed by atoms with Crippen molar-refractivity contribution in [2.45, 2.75) is 31.4 Å². The normalized spacial score (nSPS) is 18.6. The van der Waals surface area contributed by atoms with Crippen LogP contribution in [0.3, 0.4) is 0 Å². The molecule has 0 bridgehead atoms. The largest absolute Gasteiger partial charge is 0.468 e. The third-order valence-electron chi connectivity index (χ3n) is 5.90. The molecule has 2 N–H and O–H groups in total. The Morgan fingerprint density at radius 1 is 1.28 bits per heavy atom. The van der Waals surface area contributed by atoms with E-state index in [0.717, 1.165) is 61.8 Å². The Balaban J connectivity index is 1.36. The van der Waals surface area contributed by atoms with Crippen LogP contribution in [0.2, 0.25) is 0 Å². The molecule has 1 amide bonds. The first-order valence-electron chi connectivity index (χ1n) is 9.91. The zero-order valence-electron chi connectivity index (χ0n) is 16.1. The quantitative estimate of drug-likeness (QED) is 0.712. The van der Waals surface area contributed by atoms with Crippen LogP contribution in [-0.2, 0) is 23.3 Å². The lowest BCUT2D eigenvalue weighted by molar-refractivity contribution is -0.0966. The number of carbonyl (C=O) groups is 1. The van der Waals surface area contributed by atoms with Crippen molar-refractivity contribution in [2.24, 2.45) is 5.73 Å². The number of fused-ring (bicyclic) bond motifs is 2. The molecule has 3 aromatic rings. The van der Waals surface area contributed by atoms with Crippen LogP contribution in [-0.4, -0.2) is 35.5 Å². The fourth-order valence-corrected chi connectivity index (χ4v) is 5.69. The van der Waals surface area contributed by atoms with Crippen molar-refractivity contribution in [1.82, 2.24) is 9.88 Å². The van der Waals surface area contributed by atoms with Gasteiger partial charge in [-0.3, -0.25) is 14.7 Å². The van der Waals surface area contributed by atoms with Crippen molar-refractivity contribution in [1.29, 1.82) is 0 Å². The Bertz CT molecular complexity index is 1000. The lowest BCUT2D eigenvalue weighted by Crippen LogP contribution is -2.45. The minimum Gasteiger partial charge on any atom is -0.468 e. The van der Waals surface area contributed by atoms with E-state index in [2.05, 4.69) is 16.0 Å². The van der Waals surface area contributed by atoms with Gasteiger partial charge in [0.1, 0.15) is 11.4 Å². The molecule has 0 unspecified atom stereocenters. The third kappa shape index (κ3) is 3.50. The summed E-state index contributed by atoms with van der Waals surface area (Å²) < 4.78 is 11.9. The summed E-state index contributed by atoms with van der Waals surface area (Å²) in [5.74, 6) is 0.554. The van der Waals surface area contributed by atoms with E-state index in [0.29, 0.717) is 5.56 Å². The van der Waals surface area contributed by atoms with Gasteiger partial charge < -0.3 is 14.9 Å². The summed E-state index contributed by atoms with van der Waals surface area (Å²) in [6.07, 6.45) is 6.18. The number of rotatable bonds is 4. The molecule has 2 aliphatic heterocycles. The summed E-state index contributed by atoms with van der Waals surface area (Å²) in [5, 5.41) is 0. The molecule has 1 saturated heterocycles. The van der Waals surface area contributed by atoms with Crippen molar-refractivity contribution in [3.63, 3.8) is 0 Å². The molecule has 1 spiro atoms. The Morgan fingerprint density at radius 2 is 2.14 bits per heavy atom. The molecule has 7 heteroatoms. The van der Waals surface area contributed by atoms with E-state index in [-0.39, 0.29) is 5.60 Å². The van der Waals surface area contributed by atoms with E-state index in [1.165, 1.54) is 10.4 Å². The van der Waals surface area contributed by atoms with Crippen LogP contribution >= 0.6 is 11.3 Å². The molecule has 1 fully saturated rings. The zero-order chi connectivity index (χ0) is 19.8. The van der Waals surface area contributed by atoms with E-state index < -0.39 is 5.91 Å². The number of amides is 1. The fourth-order valence-electron chi connectivity index (χ4n) is 4.30. The summed E-state index contributed by atoms with van der Waals surface area (Å²) in [5.41, 5.74) is 7.81. The number of aromatic nitrogens is 1. The number of thiophene rings is 1. The number of piperidine rings is 1. The smallest absolute Gasteiger partial charge is 0.250 e. The minimum absolute atomic E-state index is 0.191. The van der Waals surface area contributed by atoms with Gasteiger partial charge in [-0.25, -0.2) is 0 Å². The molecule has 5 rings (SSSR count). The van der Waals surface area contributed by atoms with Crippen LogP contribution in [0, 0.1) is 0 Å². The van der Waals surface area contributed by atoms with Gasteiger partial charge in [0.2, 0.25) is 5.91 Å². The van der Waals surface area contributed by atoms with Crippen LogP contribution in [0.4, 0.5) is 0 Å². The number of primary amides is 1. The molecule has 0 radical (unpaired) electrons. The first-order chi connectivity index (χ1) is 14.1. The summed E-state index contributed by atoms with van der Waals surface area (Å²) >= 11 is 1.77. The molecule has 0 atom stereocenters. The number of hydrogen-bond donors (Lipinski definition) is 1. The molecule has 6 nitrogen and oxygen atoms in total. The Hall–Kier alpha value is -2.48. The van der Waals surface area contributed by atoms with Crippen LogP contribution in [0.15, 0.2) is 47.2 Å². The van der Waals surface area contributed by atoms with E-state index in [4.69, 9.17) is 14.9 Å². The first kappa shape index (κ1) is 18.5. The minimum atomic E-state index is -0.455. The molecule has 2 aliphatic rings. The SMILES string of the molecule is NC(=O)c1ccc(-c2cc3c(s2)C2(CCN(Cc4ccco4)CC2)OCC3)nc1. The highest BCUT2D eigenvalue weighted by molar-refractivity contribution is 7.15. The lowest BCUT2D eigenvalue weighted by atomic mass is 9.85. The highest BCUT2D eigenvalue weighted by atomic mass is 32.1. The molecular weight excluding hydrogens is 386 g/mol. The van der Waals surface area contributed by atoms with E-state index >= 15 is 0 Å². The van der Waals surface area contributed by atoms with Crippen molar-refractivity contribution in [3.05, 3.63) is 64.6 Å². The molecular formula is C22H23N3O3S. The van der Waals surface area contributed by atoms with Gasteiger partial charge in [0.15, 0.2) is 0 Å². The maximum absolute atomic E-state index is 11.3. The third-order valence-corrected chi connectivity index (χ3v) is 7.28. The molecule has 0 aliphatic carbocycles. The maximum atomic E-state index is 11.3. The predicted octanol–water partition coefficient (Wildman–Crippen LogP) is 3.57. The molecule has 5 heterocycles. The van der Waals surface area contributed by atoms with Crippen molar-refractivity contribution >= 4 is 17.2 Å². The average molecular weight is 410 g/mol. The average Bonchev–Trinajstić information content (AvgIpc) is 3.40. The monoisotopic (exact) mass is 409 g/mol. The molecule has 150 valence electrons. The van der Waals surface area contributed by atoms with Crippen LogP contribution < -0.4 is 5.73 Å². The van der Waals surface area contributed by atoms with E-state index in [1.807, 2.05) is 18.2 Å². The standard InChI is InChI=1S/C22H23N3O3S/c23-21(26)16-3-4-18(24-13-16)19-12-15-5-11-28-22(20(15)29-19)6-8-25(9-7-22)14-17-2-1-10-27-17/h1-4,10,12-13H,5-9,11,14H2,(H2,23,26). The molecule has 3 aromatic heterocycles. The number of likely N-dealkylation sites (tertiary alicyclic amines) is 1. The summed E-state index contributed by atoms with van der Waals surface area (Å²) in [6.45, 7) is 3.58. The Labute approximate surface area is 173 Å². The Morgan fingerprint density at radius 3 is 2.83 bits per heavy atom. The second-order valence-electron chi connectivity index (χ2n) is 7.71. The van der Waals surface area contributed by atoms with Crippen molar-refractivity contribution < 1.29 is 13.9 Å². The highest BCUT2D eigenvalue weighted by Gasteiger charge is 2.42. The fraction of sp³-hybridized carbons (Fsp3) is 0.364. The topological polar surface area (TPSA) is 81.6 Å². The van der Waals surface area contributed by atoms with Crippen molar-refractivity contribution in [2.75, 3.05) is 19.7 Å². The molecule has 0 saturated carbocycles. The number of nitrogens with two attached hydrogens (primary N) is 1. The van der Waals surface area contributed by atoms with Gasteiger partial charge >= 0.3 is 0 Å². The number of ether oxygens (including phenoxy) is 1. The van der Waals surface area contributed by atoms with Gasteiger partial charge in [0.25, 0.3) is 0 Å². The van der Waals surface area contributed by atoms with Crippen LogP contribution in [0.25, 0.3) is 10.6 Å². The van der Waals surface area contributed by atoms with Gasteiger partial charge in [-0.15, -0.1) is 11.3 Å². The van der Waals surface area contributed by atoms with Gasteiger partial charge in [-0.2, -0.15) is 0 Å². The van der Waals surface area contributed by atoms with Gasteiger partial charge in [-0.1, -0.05) is 0 Å². The second kappa shape index (κ2) is 7.40. The summed E-state index contributed by atoms with van der Waals surface area (Å²) in [4.78, 5) is 20.6. The summed E-state index contributed by atoms with van der Waals surface area (Å²) in [6, 6.07) is 9.82. The number of nitrogens with zero attached hydrogens (tertiary/aromatic N) is 2. The predicted molar refractivity (Wildman–Crippen MR) is 111 cm³/mol. The number of hydrogen-bond acceptors (Lipinski definition) is 6. The van der Waals surface area contributed by atoms with Crippen LogP contribution in [0.5, 0.6) is 0 Å². The lowest BCUT2D eigenvalue weighted by Gasteiger charge is -2.43. The number of pyridine rings is 1.